The minimum atomic E-state index is -0.628. The van der Waals surface area contributed by atoms with E-state index in [0.29, 0.717) is 22.4 Å². The molecule has 1 amide bonds. The van der Waals surface area contributed by atoms with Gasteiger partial charge in [0.25, 0.3) is 11.6 Å². The van der Waals surface area contributed by atoms with Gasteiger partial charge in [-0.05, 0) is 31.5 Å². The molecule has 0 aliphatic rings. The average molecular weight is 477 g/mol. The van der Waals surface area contributed by atoms with Gasteiger partial charge >= 0.3 is 5.97 Å². The summed E-state index contributed by atoms with van der Waals surface area (Å²) >= 11 is 1.14. The van der Waals surface area contributed by atoms with Gasteiger partial charge in [-0.25, -0.2) is 9.48 Å². The molecule has 0 fully saturated rings. The summed E-state index contributed by atoms with van der Waals surface area (Å²) in [6, 6.07) is 15.4. The summed E-state index contributed by atoms with van der Waals surface area (Å²) in [6.45, 7) is 3.60. The van der Waals surface area contributed by atoms with Gasteiger partial charge in [-0.1, -0.05) is 30.3 Å². The van der Waals surface area contributed by atoms with Crippen LogP contribution in [0.15, 0.2) is 66.2 Å². The highest BCUT2D eigenvalue weighted by molar-refractivity contribution is 7.15. The maximum Gasteiger partial charge on any atom is 0.341 e. The zero-order valence-corrected chi connectivity index (χ0v) is 19.2. The molecule has 0 aliphatic carbocycles. The van der Waals surface area contributed by atoms with Crippen LogP contribution in [0.25, 0.3) is 16.8 Å². The lowest BCUT2D eigenvalue weighted by Gasteiger charge is -2.09. The number of carbonyl (C=O) groups excluding carboxylic acids is 2. The molecular formula is C24H20N4O5S. The number of thiophene rings is 1. The Kier molecular flexibility index (Phi) is 6.51. The van der Waals surface area contributed by atoms with Gasteiger partial charge in [-0.2, -0.15) is 5.10 Å². The predicted octanol–water partition coefficient (Wildman–Crippen LogP) is 5.25. The number of rotatable bonds is 7. The Morgan fingerprint density at radius 1 is 1.18 bits per heavy atom. The topological polar surface area (TPSA) is 116 Å². The summed E-state index contributed by atoms with van der Waals surface area (Å²) < 4.78 is 6.86. The summed E-state index contributed by atoms with van der Waals surface area (Å²) in [5.41, 5.74) is 2.76. The third-order valence-corrected chi connectivity index (χ3v) is 6.02. The minimum Gasteiger partial charge on any atom is -0.462 e. The molecular weight excluding hydrogens is 456 g/mol. The van der Waals surface area contributed by atoms with Crippen LogP contribution in [0.5, 0.6) is 0 Å². The number of nitro groups is 1. The van der Waals surface area contributed by atoms with Gasteiger partial charge in [0, 0.05) is 23.1 Å². The van der Waals surface area contributed by atoms with Crippen molar-refractivity contribution >= 4 is 33.9 Å². The molecule has 0 bridgehead atoms. The number of nitro benzene ring substituents is 1. The van der Waals surface area contributed by atoms with Crippen LogP contribution < -0.4 is 5.32 Å². The van der Waals surface area contributed by atoms with Crippen LogP contribution in [0, 0.1) is 17.0 Å². The van der Waals surface area contributed by atoms with Gasteiger partial charge in [0.2, 0.25) is 0 Å². The van der Waals surface area contributed by atoms with Crippen molar-refractivity contribution in [1.29, 1.82) is 0 Å². The number of hydrogen-bond acceptors (Lipinski definition) is 7. The molecule has 0 saturated carbocycles. The highest BCUT2D eigenvalue weighted by Gasteiger charge is 2.25. The van der Waals surface area contributed by atoms with Crippen molar-refractivity contribution in [1.82, 2.24) is 9.78 Å². The van der Waals surface area contributed by atoms with E-state index in [1.165, 1.54) is 18.3 Å². The predicted molar refractivity (Wildman–Crippen MR) is 129 cm³/mol. The lowest BCUT2D eigenvalue weighted by atomic mass is 10.0. The lowest BCUT2D eigenvalue weighted by molar-refractivity contribution is -0.384. The molecule has 0 atom stereocenters. The van der Waals surface area contributed by atoms with E-state index in [4.69, 9.17) is 4.74 Å². The van der Waals surface area contributed by atoms with Crippen molar-refractivity contribution in [3.63, 3.8) is 0 Å². The fourth-order valence-corrected chi connectivity index (χ4v) is 4.44. The molecule has 172 valence electrons. The number of amides is 1. The number of para-hydroxylation sites is 1. The lowest BCUT2D eigenvalue weighted by Crippen LogP contribution is -2.15. The highest BCUT2D eigenvalue weighted by Crippen LogP contribution is 2.37. The van der Waals surface area contributed by atoms with E-state index in [0.717, 1.165) is 17.0 Å². The largest absolute Gasteiger partial charge is 0.462 e. The quantitative estimate of drug-likeness (QED) is 0.221. The molecule has 1 N–H and O–H groups in total. The number of nitrogens with zero attached hydrogens (tertiary/aromatic N) is 3. The van der Waals surface area contributed by atoms with E-state index >= 15 is 0 Å². The molecule has 2 heterocycles. The summed E-state index contributed by atoms with van der Waals surface area (Å²) in [7, 11) is 0. The standard InChI is InChI=1S/C24H20N4O5S/c1-3-33-24(30)21-20(16-8-7-11-18(12-16)28(31)32)14-34-23(21)26-22(29)19-13-25-27(15(19)2)17-9-5-4-6-10-17/h4-14H,3H2,1-2H3,(H,26,29). The fraction of sp³-hybridized carbons (Fsp3) is 0.125. The number of anilines is 1. The first-order chi connectivity index (χ1) is 16.4. The van der Waals surface area contributed by atoms with Crippen molar-refractivity contribution in [2.24, 2.45) is 0 Å². The number of ether oxygens (including phenoxy) is 1. The van der Waals surface area contributed by atoms with Crippen LogP contribution in [0.3, 0.4) is 0 Å². The van der Waals surface area contributed by atoms with E-state index < -0.39 is 16.8 Å². The number of nitrogens with one attached hydrogen (secondary N) is 1. The summed E-state index contributed by atoms with van der Waals surface area (Å²) in [5.74, 6) is -1.06. The van der Waals surface area contributed by atoms with E-state index in [-0.39, 0.29) is 22.9 Å². The zero-order valence-electron chi connectivity index (χ0n) is 18.3. The van der Waals surface area contributed by atoms with Gasteiger partial charge in [0.1, 0.15) is 10.6 Å². The highest BCUT2D eigenvalue weighted by atomic mass is 32.1. The monoisotopic (exact) mass is 476 g/mol. The van der Waals surface area contributed by atoms with Crippen LogP contribution in [0.2, 0.25) is 0 Å². The van der Waals surface area contributed by atoms with Crippen molar-refractivity contribution in [2.45, 2.75) is 13.8 Å². The fourth-order valence-electron chi connectivity index (χ4n) is 3.49. The Labute approximate surface area is 198 Å². The molecule has 0 saturated heterocycles. The number of non-ortho nitro benzene ring substituents is 1. The summed E-state index contributed by atoms with van der Waals surface area (Å²) in [6.07, 6.45) is 1.47. The normalized spacial score (nSPS) is 10.6. The molecule has 4 aromatic rings. The van der Waals surface area contributed by atoms with Crippen LogP contribution >= 0.6 is 11.3 Å². The van der Waals surface area contributed by atoms with Crippen molar-refractivity contribution in [3.05, 3.63) is 93.1 Å². The first-order valence-corrected chi connectivity index (χ1v) is 11.2. The molecule has 2 aromatic carbocycles. The number of carbonyl (C=O) groups is 2. The Morgan fingerprint density at radius 3 is 2.65 bits per heavy atom. The zero-order chi connectivity index (χ0) is 24.2. The van der Waals surface area contributed by atoms with E-state index in [1.54, 1.807) is 36.0 Å². The molecule has 0 radical (unpaired) electrons. The number of aromatic nitrogens is 2. The van der Waals surface area contributed by atoms with Crippen LogP contribution in [-0.2, 0) is 4.74 Å². The van der Waals surface area contributed by atoms with Gasteiger partial charge in [-0.3, -0.25) is 14.9 Å². The second-order valence-electron chi connectivity index (χ2n) is 7.23. The Morgan fingerprint density at radius 2 is 1.94 bits per heavy atom. The van der Waals surface area contributed by atoms with Gasteiger partial charge < -0.3 is 10.1 Å². The first kappa shape index (κ1) is 22.9. The van der Waals surface area contributed by atoms with E-state index in [9.17, 15) is 19.7 Å². The van der Waals surface area contributed by atoms with E-state index in [1.807, 2.05) is 30.3 Å². The molecule has 0 spiro atoms. The average Bonchev–Trinajstić information content (AvgIpc) is 3.43. The maximum atomic E-state index is 13.1. The molecule has 4 rings (SSSR count). The summed E-state index contributed by atoms with van der Waals surface area (Å²) in [5, 5.41) is 20.3. The third kappa shape index (κ3) is 4.44. The van der Waals surface area contributed by atoms with Crippen molar-refractivity contribution in [2.75, 3.05) is 11.9 Å². The molecule has 0 unspecified atom stereocenters. The third-order valence-electron chi connectivity index (χ3n) is 5.12. The number of esters is 1. The van der Waals surface area contributed by atoms with Crippen LogP contribution in [-0.4, -0.2) is 33.2 Å². The van der Waals surface area contributed by atoms with Crippen LogP contribution in [0.1, 0.15) is 33.3 Å². The number of benzene rings is 2. The minimum absolute atomic E-state index is 0.104. The second kappa shape index (κ2) is 9.67. The second-order valence-corrected chi connectivity index (χ2v) is 8.11. The SMILES string of the molecule is CCOC(=O)c1c(-c2cccc([N+](=O)[O-])c2)csc1NC(=O)c1cnn(-c2ccccc2)c1C. The molecule has 10 heteroatoms. The Hall–Kier alpha value is -4.31. The van der Waals surface area contributed by atoms with Crippen LogP contribution in [0.4, 0.5) is 10.7 Å². The van der Waals surface area contributed by atoms with Gasteiger partial charge in [0.15, 0.2) is 0 Å². The Bertz CT molecular complexity index is 1380. The molecule has 9 nitrogen and oxygen atoms in total. The smallest absolute Gasteiger partial charge is 0.341 e. The summed E-state index contributed by atoms with van der Waals surface area (Å²) in [4.78, 5) is 36.6. The maximum absolute atomic E-state index is 13.1. The number of hydrogen-bond donors (Lipinski definition) is 1. The van der Waals surface area contributed by atoms with E-state index in [2.05, 4.69) is 10.4 Å². The van der Waals surface area contributed by atoms with Gasteiger partial charge in [-0.15, -0.1) is 11.3 Å². The molecule has 2 aromatic heterocycles. The Balaban J connectivity index is 1.70. The molecule has 34 heavy (non-hydrogen) atoms. The first-order valence-electron chi connectivity index (χ1n) is 10.4. The van der Waals surface area contributed by atoms with Crippen molar-refractivity contribution < 1.29 is 19.2 Å². The van der Waals surface area contributed by atoms with Gasteiger partial charge in [0.05, 0.1) is 34.7 Å². The van der Waals surface area contributed by atoms with Crippen molar-refractivity contribution in [3.8, 4) is 16.8 Å². The molecule has 0 aliphatic heterocycles.